The maximum Gasteiger partial charge on any atom is 0.222 e. The number of nitrogen functional groups attached to an aromatic ring is 1. The summed E-state index contributed by atoms with van der Waals surface area (Å²) in [6.45, 7) is 0. The van der Waals surface area contributed by atoms with E-state index in [-0.39, 0.29) is 5.95 Å². The molecule has 0 spiro atoms. The molecule has 1 heterocycles. The van der Waals surface area contributed by atoms with Crippen molar-refractivity contribution in [2.75, 3.05) is 23.9 Å². The smallest absolute Gasteiger partial charge is 0.222 e. The van der Waals surface area contributed by atoms with Gasteiger partial charge in [0, 0.05) is 5.39 Å². The predicted molar refractivity (Wildman–Crippen MR) is 120 cm³/mol. The monoisotopic (exact) mass is 450 g/mol. The summed E-state index contributed by atoms with van der Waals surface area (Å²) < 4.78 is 12.6. The Labute approximate surface area is 177 Å². The number of aromatic nitrogens is 2. The summed E-state index contributed by atoms with van der Waals surface area (Å²) in [7, 11) is 3.25. The summed E-state index contributed by atoms with van der Waals surface area (Å²) in [5.74, 6) is 2.24. The minimum Gasteiger partial charge on any atom is -0.493 e. The molecule has 0 amide bonds. The molecule has 1 aromatic heterocycles. The van der Waals surface area contributed by atoms with E-state index in [2.05, 4.69) is 26.1 Å². The van der Waals surface area contributed by atoms with E-state index in [9.17, 15) is 0 Å². The molecular formula is C22H19BrN4O2. The highest BCUT2D eigenvalue weighted by molar-refractivity contribution is 9.10. The molecule has 2 N–H and O–H groups in total. The largest absolute Gasteiger partial charge is 0.493 e. The van der Waals surface area contributed by atoms with E-state index in [0.717, 1.165) is 27.7 Å². The van der Waals surface area contributed by atoms with E-state index in [0.29, 0.717) is 17.3 Å². The molecular weight excluding hydrogens is 432 g/mol. The van der Waals surface area contributed by atoms with Crippen LogP contribution in [0.5, 0.6) is 11.5 Å². The number of nitrogens with two attached hydrogens (primary N) is 1. The van der Waals surface area contributed by atoms with Crippen LogP contribution >= 0.6 is 16.1 Å². The van der Waals surface area contributed by atoms with Gasteiger partial charge in [0.15, 0.2) is 17.3 Å². The van der Waals surface area contributed by atoms with Gasteiger partial charge in [-0.3, -0.25) is 3.93 Å². The number of rotatable bonds is 5. The molecule has 3 aromatic carbocycles. The summed E-state index contributed by atoms with van der Waals surface area (Å²) in [6.07, 6.45) is 0. The molecule has 0 unspecified atom stereocenters. The Morgan fingerprint density at radius 3 is 2.24 bits per heavy atom. The first-order valence-electron chi connectivity index (χ1n) is 8.91. The minimum absolute atomic E-state index is 0.215. The molecule has 0 aliphatic heterocycles. The van der Waals surface area contributed by atoms with Gasteiger partial charge >= 0.3 is 0 Å². The summed E-state index contributed by atoms with van der Waals surface area (Å²) in [6, 6.07) is 21.7. The van der Waals surface area contributed by atoms with Gasteiger partial charge < -0.3 is 15.2 Å². The Morgan fingerprint density at radius 1 is 0.828 bits per heavy atom. The zero-order valence-corrected chi connectivity index (χ0v) is 17.6. The third-order valence-electron chi connectivity index (χ3n) is 4.58. The number of hydrogen-bond acceptors (Lipinski definition) is 6. The van der Waals surface area contributed by atoms with Crippen LogP contribution in [0.25, 0.3) is 22.0 Å². The summed E-state index contributed by atoms with van der Waals surface area (Å²) in [4.78, 5) is 8.86. The lowest BCUT2D eigenvalue weighted by molar-refractivity contribution is 0.355. The van der Waals surface area contributed by atoms with Crippen LogP contribution in [0.15, 0.2) is 66.7 Å². The second-order valence-electron chi connectivity index (χ2n) is 6.32. The molecule has 146 valence electrons. The van der Waals surface area contributed by atoms with Gasteiger partial charge in [0.2, 0.25) is 5.95 Å². The number of halogens is 1. The molecule has 7 heteroatoms. The zero-order valence-electron chi connectivity index (χ0n) is 16.0. The lowest BCUT2D eigenvalue weighted by atomic mass is 10.0. The van der Waals surface area contributed by atoms with Crippen LogP contribution in [0.3, 0.4) is 0 Å². The Hall–Kier alpha value is -3.32. The zero-order chi connectivity index (χ0) is 20.4. The molecule has 29 heavy (non-hydrogen) atoms. The molecule has 0 atom stereocenters. The van der Waals surface area contributed by atoms with E-state index in [1.165, 1.54) is 0 Å². The fourth-order valence-electron chi connectivity index (χ4n) is 3.16. The van der Waals surface area contributed by atoms with E-state index < -0.39 is 0 Å². The van der Waals surface area contributed by atoms with Crippen molar-refractivity contribution in [3.8, 4) is 22.6 Å². The maximum atomic E-state index is 5.96. The Balaban J connectivity index is 1.86. The van der Waals surface area contributed by atoms with Crippen LogP contribution in [-0.2, 0) is 0 Å². The summed E-state index contributed by atoms with van der Waals surface area (Å²) in [5, 5.41) is 0.868. The fraction of sp³-hybridized carbons (Fsp3) is 0.0909. The van der Waals surface area contributed by atoms with Crippen molar-refractivity contribution in [2.24, 2.45) is 0 Å². The van der Waals surface area contributed by atoms with Crippen molar-refractivity contribution in [3.63, 3.8) is 0 Å². The van der Waals surface area contributed by atoms with Gasteiger partial charge in [0.05, 0.1) is 41.6 Å². The van der Waals surface area contributed by atoms with Crippen LogP contribution < -0.4 is 19.1 Å². The number of nitrogens with zero attached hydrogens (tertiary/aromatic N) is 3. The SMILES string of the molecule is COc1ccc(-c2ccc3nc(N)nc(N(Br)c4ccccc4)c3c2)cc1OC. The van der Waals surface area contributed by atoms with Gasteiger partial charge in [0.25, 0.3) is 0 Å². The van der Waals surface area contributed by atoms with Crippen molar-refractivity contribution in [1.82, 2.24) is 9.97 Å². The number of para-hydroxylation sites is 1. The van der Waals surface area contributed by atoms with Crippen molar-refractivity contribution in [3.05, 3.63) is 66.7 Å². The summed E-state index contributed by atoms with van der Waals surface area (Å²) in [5.41, 5.74) is 9.65. The molecule has 4 rings (SSSR count). The second-order valence-corrected chi connectivity index (χ2v) is 7.03. The standard InChI is InChI=1S/C22H19BrN4O2/c1-28-19-11-9-15(13-20(19)29-2)14-8-10-18-17(12-14)21(26-22(24)25-18)27(23)16-6-4-3-5-7-16/h3-13H,1-2H3,(H2,24,25,26). The lowest BCUT2D eigenvalue weighted by Crippen LogP contribution is -2.07. The van der Waals surface area contributed by atoms with Gasteiger partial charge in [-0.2, -0.15) is 4.98 Å². The van der Waals surface area contributed by atoms with E-state index in [1.54, 1.807) is 14.2 Å². The molecule has 0 saturated heterocycles. The fourth-order valence-corrected chi connectivity index (χ4v) is 3.66. The summed E-state index contributed by atoms with van der Waals surface area (Å²) >= 11 is 3.62. The molecule has 0 aliphatic rings. The maximum absolute atomic E-state index is 5.96. The van der Waals surface area contributed by atoms with Gasteiger partial charge in [-0.15, -0.1) is 0 Å². The van der Waals surface area contributed by atoms with Gasteiger partial charge in [-0.05, 0) is 47.5 Å². The van der Waals surface area contributed by atoms with E-state index >= 15 is 0 Å². The Bertz CT molecular complexity index is 1170. The van der Waals surface area contributed by atoms with Crippen molar-refractivity contribution in [1.29, 1.82) is 0 Å². The first-order valence-corrected chi connectivity index (χ1v) is 9.62. The average molecular weight is 451 g/mol. The molecule has 0 radical (unpaired) electrons. The van der Waals surface area contributed by atoms with Gasteiger partial charge in [-0.25, -0.2) is 4.98 Å². The topological polar surface area (TPSA) is 73.5 Å². The Kier molecular flexibility index (Phi) is 5.22. The molecule has 0 fully saturated rings. The molecule has 6 nitrogen and oxygen atoms in total. The third kappa shape index (κ3) is 3.69. The van der Waals surface area contributed by atoms with E-state index in [4.69, 9.17) is 15.2 Å². The van der Waals surface area contributed by atoms with Crippen LogP contribution in [0.4, 0.5) is 17.5 Å². The number of fused-ring (bicyclic) bond motifs is 1. The van der Waals surface area contributed by atoms with E-state index in [1.807, 2.05) is 70.7 Å². The molecule has 0 saturated carbocycles. The van der Waals surface area contributed by atoms with Crippen molar-refractivity contribution in [2.45, 2.75) is 0 Å². The van der Waals surface area contributed by atoms with Crippen LogP contribution in [-0.4, -0.2) is 24.2 Å². The molecule has 0 aliphatic carbocycles. The molecule has 0 bridgehead atoms. The van der Waals surface area contributed by atoms with Crippen molar-refractivity contribution >= 4 is 44.5 Å². The molecule has 4 aromatic rings. The number of ether oxygens (including phenoxy) is 2. The van der Waals surface area contributed by atoms with Gasteiger partial charge in [-0.1, -0.05) is 30.3 Å². The highest BCUT2D eigenvalue weighted by Gasteiger charge is 2.15. The third-order valence-corrected chi connectivity index (χ3v) is 5.32. The Morgan fingerprint density at radius 2 is 1.52 bits per heavy atom. The number of anilines is 3. The predicted octanol–water partition coefficient (Wildman–Crippen LogP) is 5.34. The number of benzene rings is 3. The van der Waals surface area contributed by atoms with Gasteiger partial charge in [0.1, 0.15) is 0 Å². The minimum atomic E-state index is 0.215. The first kappa shape index (κ1) is 19.0. The van der Waals surface area contributed by atoms with Crippen LogP contribution in [0, 0.1) is 0 Å². The average Bonchev–Trinajstić information content (AvgIpc) is 2.77. The number of hydrogen-bond donors (Lipinski definition) is 1. The highest BCUT2D eigenvalue weighted by Crippen LogP contribution is 2.37. The van der Waals surface area contributed by atoms with Crippen LogP contribution in [0.1, 0.15) is 0 Å². The second kappa shape index (κ2) is 7.97. The first-order chi connectivity index (χ1) is 14.1. The van der Waals surface area contributed by atoms with Crippen LogP contribution in [0.2, 0.25) is 0 Å². The lowest BCUT2D eigenvalue weighted by Gasteiger charge is -2.18. The van der Waals surface area contributed by atoms with Crippen molar-refractivity contribution < 1.29 is 9.47 Å². The normalized spacial score (nSPS) is 10.7. The highest BCUT2D eigenvalue weighted by atomic mass is 79.9. The quantitative estimate of drug-likeness (QED) is 0.413. The number of methoxy groups -OCH3 is 2.